The Morgan fingerprint density at radius 1 is 1.05 bits per heavy atom. The molecule has 19 heavy (non-hydrogen) atoms. The number of aryl methyl sites for hydroxylation is 1. The predicted molar refractivity (Wildman–Crippen MR) is 83.1 cm³/mol. The number of rotatable bonds is 4. The van der Waals surface area contributed by atoms with Crippen molar-refractivity contribution in [1.82, 2.24) is 5.32 Å². The summed E-state index contributed by atoms with van der Waals surface area (Å²) in [6.45, 7) is 2.09. The molecule has 1 atom stereocenters. The Kier molecular flexibility index (Phi) is 4.87. The van der Waals surface area contributed by atoms with E-state index in [2.05, 4.69) is 36.5 Å². The first kappa shape index (κ1) is 14.4. The fraction of sp³-hybridized carbons (Fsp3) is 0.250. The molecule has 0 radical (unpaired) electrons. The van der Waals surface area contributed by atoms with Gasteiger partial charge in [0.15, 0.2) is 0 Å². The molecule has 2 rings (SSSR count). The molecule has 0 saturated carbocycles. The Hall–Kier alpha value is -1.02. The number of likely N-dealkylation sites (N-methyl/N-ethyl adjacent to an activating group) is 1. The van der Waals surface area contributed by atoms with Gasteiger partial charge in [-0.1, -0.05) is 53.0 Å². The van der Waals surface area contributed by atoms with Crippen molar-refractivity contribution in [3.05, 3.63) is 69.2 Å². The van der Waals surface area contributed by atoms with Gasteiger partial charge < -0.3 is 5.32 Å². The SMILES string of the molecule is CNC(Cc1cc(Cl)ccc1Cl)c1ccc(C)cc1. The summed E-state index contributed by atoms with van der Waals surface area (Å²) in [5.74, 6) is 0. The van der Waals surface area contributed by atoms with Crippen LogP contribution in [0.4, 0.5) is 0 Å². The lowest BCUT2D eigenvalue weighted by Crippen LogP contribution is -2.19. The molecule has 0 heterocycles. The number of hydrogen-bond donors (Lipinski definition) is 1. The van der Waals surface area contributed by atoms with Gasteiger partial charge in [-0.05, 0) is 49.7 Å². The van der Waals surface area contributed by atoms with Crippen LogP contribution in [0.5, 0.6) is 0 Å². The molecule has 0 fully saturated rings. The first-order chi connectivity index (χ1) is 9.10. The minimum Gasteiger partial charge on any atom is -0.313 e. The largest absolute Gasteiger partial charge is 0.313 e. The molecule has 2 aromatic rings. The maximum absolute atomic E-state index is 6.22. The van der Waals surface area contributed by atoms with Crippen molar-refractivity contribution < 1.29 is 0 Å². The van der Waals surface area contributed by atoms with Gasteiger partial charge in [0.05, 0.1) is 0 Å². The van der Waals surface area contributed by atoms with Crippen LogP contribution in [0.1, 0.15) is 22.7 Å². The normalized spacial score (nSPS) is 12.4. The number of hydrogen-bond acceptors (Lipinski definition) is 1. The minimum absolute atomic E-state index is 0.233. The van der Waals surface area contributed by atoms with Crippen LogP contribution < -0.4 is 5.32 Å². The summed E-state index contributed by atoms with van der Waals surface area (Å²) in [6.07, 6.45) is 0.818. The van der Waals surface area contributed by atoms with Gasteiger partial charge in [-0.2, -0.15) is 0 Å². The molecule has 0 bridgehead atoms. The third-order valence-corrected chi connectivity index (χ3v) is 3.86. The second kappa shape index (κ2) is 6.42. The highest BCUT2D eigenvalue weighted by Crippen LogP contribution is 2.26. The first-order valence-corrected chi connectivity index (χ1v) is 7.03. The van der Waals surface area contributed by atoms with Crippen molar-refractivity contribution in [1.29, 1.82) is 0 Å². The molecular weight excluding hydrogens is 277 g/mol. The van der Waals surface area contributed by atoms with Crippen LogP contribution in [0.25, 0.3) is 0 Å². The predicted octanol–water partition coefficient (Wildman–Crippen LogP) is 4.81. The molecule has 100 valence electrons. The number of benzene rings is 2. The third kappa shape index (κ3) is 3.73. The topological polar surface area (TPSA) is 12.0 Å². The second-order valence-corrected chi connectivity index (χ2v) is 5.54. The molecular formula is C16H17Cl2N. The van der Waals surface area contributed by atoms with E-state index in [9.17, 15) is 0 Å². The van der Waals surface area contributed by atoms with Crippen LogP contribution in [0.3, 0.4) is 0 Å². The van der Waals surface area contributed by atoms with E-state index >= 15 is 0 Å². The average Bonchev–Trinajstić information content (AvgIpc) is 2.41. The number of nitrogens with one attached hydrogen (secondary N) is 1. The summed E-state index contributed by atoms with van der Waals surface area (Å²) in [5, 5.41) is 4.81. The minimum atomic E-state index is 0.233. The van der Waals surface area contributed by atoms with Crippen molar-refractivity contribution >= 4 is 23.2 Å². The van der Waals surface area contributed by atoms with E-state index in [4.69, 9.17) is 23.2 Å². The Balaban J connectivity index is 2.23. The maximum Gasteiger partial charge on any atom is 0.0439 e. The van der Waals surface area contributed by atoms with Crippen molar-refractivity contribution in [2.24, 2.45) is 0 Å². The molecule has 0 aromatic heterocycles. The van der Waals surface area contributed by atoms with Gasteiger partial charge in [0.1, 0.15) is 0 Å². The lowest BCUT2D eigenvalue weighted by atomic mass is 9.98. The van der Waals surface area contributed by atoms with Crippen LogP contribution in [-0.2, 0) is 6.42 Å². The molecule has 0 spiro atoms. The average molecular weight is 294 g/mol. The lowest BCUT2D eigenvalue weighted by Gasteiger charge is -2.18. The molecule has 0 aliphatic carbocycles. The molecule has 1 unspecified atom stereocenters. The molecule has 1 N–H and O–H groups in total. The van der Waals surface area contributed by atoms with E-state index in [1.807, 2.05) is 25.2 Å². The molecule has 0 saturated heterocycles. The standard InChI is InChI=1S/C16H17Cl2N/c1-11-3-5-12(6-4-11)16(19-2)10-13-9-14(17)7-8-15(13)18/h3-9,16,19H,10H2,1-2H3. The van der Waals surface area contributed by atoms with Crippen molar-refractivity contribution in [3.63, 3.8) is 0 Å². The molecule has 3 heteroatoms. The Morgan fingerprint density at radius 3 is 2.37 bits per heavy atom. The zero-order valence-electron chi connectivity index (χ0n) is 11.1. The summed E-state index contributed by atoms with van der Waals surface area (Å²) >= 11 is 12.3. The molecule has 1 nitrogen and oxygen atoms in total. The van der Waals surface area contributed by atoms with Gasteiger partial charge in [0.2, 0.25) is 0 Å². The fourth-order valence-corrected chi connectivity index (χ4v) is 2.49. The lowest BCUT2D eigenvalue weighted by molar-refractivity contribution is 0.592. The summed E-state index contributed by atoms with van der Waals surface area (Å²) in [7, 11) is 1.96. The molecule has 0 aliphatic heterocycles. The van der Waals surface area contributed by atoms with Crippen LogP contribution in [0, 0.1) is 6.92 Å². The molecule has 0 aliphatic rings. The van der Waals surface area contributed by atoms with Crippen LogP contribution in [0.15, 0.2) is 42.5 Å². The van der Waals surface area contributed by atoms with Gasteiger partial charge >= 0.3 is 0 Å². The van der Waals surface area contributed by atoms with E-state index in [1.165, 1.54) is 11.1 Å². The summed E-state index contributed by atoms with van der Waals surface area (Å²) < 4.78 is 0. The number of halogens is 2. The van der Waals surface area contributed by atoms with Crippen molar-refractivity contribution in [3.8, 4) is 0 Å². The van der Waals surface area contributed by atoms with Crippen molar-refractivity contribution in [2.45, 2.75) is 19.4 Å². The van der Waals surface area contributed by atoms with Gasteiger partial charge in [-0.25, -0.2) is 0 Å². The zero-order valence-corrected chi connectivity index (χ0v) is 12.6. The van der Waals surface area contributed by atoms with Gasteiger partial charge in [0, 0.05) is 16.1 Å². The van der Waals surface area contributed by atoms with Gasteiger partial charge in [-0.3, -0.25) is 0 Å². The maximum atomic E-state index is 6.22. The van der Waals surface area contributed by atoms with Crippen LogP contribution in [0.2, 0.25) is 10.0 Å². The summed E-state index contributed by atoms with van der Waals surface area (Å²) in [4.78, 5) is 0. The highest BCUT2D eigenvalue weighted by Gasteiger charge is 2.12. The fourth-order valence-electron chi connectivity index (χ4n) is 2.10. The second-order valence-electron chi connectivity index (χ2n) is 4.69. The molecule has 2 aromatic carbocycles. The van der Waals surface area contributed by atoms with Crippen LogP contribution in [-0.4, -0.2) is 7.05 Å². The Morgan fingerprint density at radius 2 is 1.74 bits per heavy atom. The smallest absolute Gasteiger partial charge is 0.0439 e. The molecule has 0 amide bonds. The van der Waals surface area contributed by atoms with Crippen molar-refractivity contribution in [2.75, 3.05) is 7.05 Å². The van der Waals surface area contributed by atoms with Gasteiger partial charge in [0.25, 0.3) is 0 Å². The Bertz CT molecular complexity index is 549. The van der Waals surface area contributed by atoms with E-state index in [1.54, 1.807) is 0 Å². The quantitative estimate of drug-likeness (QED) is 0.853. The highest BCUT2D eigenvalue weighted by atomic mass is 35.5. The van der Waals surface area contributed by atoms with E-state index < -0.39 is 0 Å². The van der Waals surface area contributed by atoms with E-state index in [0.29, 0.717) is 0 Å². The monoisotopic (exact) mass is 293 g/mol. The summed E-state index contributed by atoms with van der Waals surface area (Å²) in [5.41, 5.74) is 3.58. The summed E-state index contributed by atoms with van der Waals surface area (Å²) in [6, 6.07) is 14.4. The highest BCUT2D eigenvalue weighted by molar-refractivity contribution is 6.33. The zero-order chi connectivity index (χ0) is 13.8. The first-order valence-electron chi connectivity index (χ1n) is 6.28. The van der Waals surface area contributed by atoms with E-state index in [-0.39, 0.29) is 6.04 Å². The Labute approximate surface area is 124 Å². The van der Waals surface area contributed by atoms with Gasteiger partial charge in [-0.15, -0.1) is 0 Å². The third-order valence-electron chi connectivity index (χ3n) is 3.26. The van der Waals surface area contributed by atoms with Crippen LogP contribution >= 0.6 is 23.2 Å². The van der Waals surface area contributed by atoms with E-state index in [0.717, 1.165) is 22.0 Å².